The fourth-order valence-corrected chi connectivity index (χ4v) is 3.32. The lowest BCUT2D eigenvalue weighted by Gasteiger charge is -2.30. The minimum absolute atomic E-state index is 0.938. The van der Waals surface area contributed by atoms with Gasteiger partial charge in [0.25, 0.3) is 0 Å². The predicted molar refractivity (Wildman–Crippen MR) is 85.0 cm³/mol. The average molecular weight is 255 g/mol. The first kappa shape index (κ1) is 18.0. The van der Waals surface area contributed by atoms with E-state index in [1.165, 1.54) is 64.2 Å². The Kier molecular flexibility index (Phi) is 12.1. The van der Waals surface area contributed by atoms with Gasteiger partial charge >= 0.3 is 0 Å². The fourth-order valence-electron chi connectivity index (χ4n) is 3.32. The number of unbranched alkanes of at least 4 members (excludes halogenated alkanes) is 4. The van der Waals surface area contributed by atoms with Gasteiger partial charge in [-0.05, 0) is 17.8 Å². The standard InChI is InChI=1S/C18H38/c1-6-9-11-14-16(4)18(13-8-3)17(5)15-12-10-7-2/h16-18H,6-15H2,1-5H3. The summed E-state index contributed by atoms with van der Waals surface area (Å²) in [5.74, 6) is 2.85. The Morgan fingerprint density at radius 3 is 1.33 bits per heavy atom. The summed E-state index contributed by atoms with van der Waals surface area (Å²) in [4.78, 5) is 0. The lowest BCUT2D eigenvalue weighted by atomic mass is 9.76. The molecular weight excluding hydrogens is 216 g/mol. The van der Waals surface area contributed by atoms with Crippen LogP contribution in [0.3, 0.4) is 0 Å². The third-order valence-electron chi connectivity index (χ3n) is 4.61. The summed E-state index contributed by atoms with van der Waals surface area (Å²) >= 11 is 0. The van der Waals surface area contributed by atoms with Crippen LogP contribution in [0.5, 0.6) is 0 Å². The van der Waals surface area contributed by atoms with Crippen LogP contribution in [0.15, 0.2) is 0 Å². The smallest absolute Gasteiger partial charge is 0.0363 e. The highest BCUT2D eigenvalue weighted by Gasteiger charge is 2.22. The Hall–Kier alpha value is 0. The predicted octanol–water partition coefficient (Wildman–Crippen LogP) is 6.84. The molecular formula is C18H38. The molecule has 0 aliphatic heterocycles. The molecule has 0 saturated carbocycles. The Morgan fingerprint density at radius 2 is 1.00 bits per heavy atom. The lowest BCUT2D eigenvalue weighted by molar-refractivity contribution is 0.209. The second-order valence-corrected chi connectivity index (χ2v) is 6.40. The van der Waals surface area contributed by atoms with E-state index in [0.29, 0.717) is 0 Å². The molecule has 0 heterocycles. The van der Waals surface area contributed by atoms with Crippen LogP contribution in [0.1, 0.15) is 98.8 Å². The molecule has 0 radical (unpaired) electrons. The van der Waals surface area contributed by atoms with Gasteiger partial charge in [0, 0.05) is 0 Å². The van der Waals surface area contributed by atoms with Crippen LogP contribution in [-0.4, -0.2) is 0 Å². The first-order valence-corrected chi connectivity index (χ1v) is 8.67. The summed E-state index contributed by atoms with van der Waals surface area (Å²) in [5.41, 5.74) is 0. The van der Waals surface area contributed by atoms with Crippen LogP contribution >= 0.6 is 0 Å². The highest BCUT2D eigenvalue weighted by atomic mass is 14.3. The van der Waals surface area contributed by atoms with Crippen LogP contribution in [0.4, 0.5) is 0 Å². The third-order valence-corrected chi connectivity index (χ3v) is 4.61. The van der Waals surface area contributed by atoms with E-state index in [0.717, 1.165) is 17.8 Å². The van der Waals surface area contributed by atoms with E-state index in [2.05, 4.69) is 34.6 Å². The number of rotatable bonds is 12. The molecule has 0 amide bonds. The minimum atomic E-state index is 0.938. The summed E-state index contributed by atoms with van der Waals surface area (Å²) in [6, 6.07) is 0. The van der Waals surface area contributed by atoms with Crippen molar-refractivity contribution in [2.75, 3.05) is 0 Å². The zero-order chi connectivity index (χ0) is 13.8. The maximum Gasteiger partial charge on any atom is -0.0363 e. The van der Waals surface area contributed by atoms with Gasteiger partial charge in [-0.2, -0.15) is 0 Å². The van der Waals surface area contributed by atoms with Crippen molar-refractivity contribution in [2.45, 2.75) is 98.8 Å². The second-order valence-electron chi connectivity index (χ2n) is 6.40. The Balaban J connectivity index is 4.07. The molecule has 0 aromatic rings. The number of hydrogen-bond donors (Lipinski definition) is 0. The fraction of sp³-hybridized carbons (Fsp3) is 1.00. The van der Waals surface area contributed by atoms with Gasteiger partial charge < -0.3 is 0 Å². The molecule has 0 bridgehead atoms. The van der Waals surface area contributed by atoms with Crippen molar-refractivity contribution in [3.8, 4) is 0 Å². The molecule has 0 rings (SSSR count). The van der Waals surface area contributed by atoms with Crippen molar-refractivity contribution in [1.29, 1.82) is 0 Å². The van der Waals surface area contributed by atoms with Crippen LogP contribution in [0.25, 0.3) is 0 Å². The lowest BCUT2D eigenvalue weighted by Crippen LogP contribution is -2.20. The first-order chi connectivity index (χ1) is 8.67. The first-order valence-electron chi connectivity index (χ1n) is 8.67. The van der Waals surface area contributed by atoms with E-state index in [-0.39, 0.29) is 0 Å². The van der Waals surface area contributed by atoms with Gasteiger partial charge in [0.1, 0.15) is 0 Å². The molecule has 0 N–H and O–H groups in total. The summed E-state index contributed by atoms with van der Waals surface area (Å²) in [6.45, 7) is 12.0. The van der Waals surface area contributed by atoms with E-state index in [1.807, 2.05) is 0 Å². The molecule has 2 atom stereocenters. The summed E-state index contributed by atoms with van der Waals surface area (Å²) in [6.07, 6.45) is 14.2. The molecule has 0 aliphatic carbocycles. The van der Waals surface area contributed by atoms with Gasteiger partial charge in [-0.25, -0.2) is 0 Å². The van der Waals surface area contributed by atoms with Crippen molar-refractivity contribution >= 4 is 0 Å². The van der Waals surface area contributed by atoms with Crippen LogP contribution in [0.2, 0.25) is 0 Å². The van der Waals surface area contributed by atoms with Crippen LogP contribution in [0, 0.1) is 17.8 Å². The van der Waals surface area contributed by atoms with Crippen LogP contribution in [-0.2, 0) is 0 Å². The molecule has 2 unspecified atom stereocenters. The van der Waals surface area contributed by atoms with Gasteiger partial charge in [0.2, 0.25) is 0 Å². The zero-order valence-corrected chi connectivity index (χ0v) is 13.8. The summed E-state index contributed by atoms with van der Waals surface area (Å²) < 4.78 is 0. The van der Waals surface area contributed by atoms with E-state index < -0.39 is 0 Å². The minimum Gasteiger partial charge on any atom is -0.0654 e. The van der Waals surface area contributed by atoms with Gasteiger partial charge in [-0.1, -0.05) is 98.8 Å². The van der Waals surface area contributed by atoms with Crippen molar-refractivity contribution in [1.82, 2.24) is 0 Å². The molecule has 0 fully saturated rings. The second kappa shape index (κ2) is 12.1. The van der Waals surface area contributed by atoms with Crippen molar-refractivity contribution in [3.63, 3.8) is 0 Å². The third kappa shape index (κ3) is 8.16. The Morgan fingerprint density at radius 1 is 0.556 bits per heavy atom. The molecule has 0 nitrogen and oxygen atoms in total. The molecule has 0 aliphatic rings. The summed E-state index contributed by atoms with van der Waals surface area (Å²) in [5, 5.41) is 0. The zero-order valence-electron chi connectivity index (χ0n) is 13.8. The van der Waals surface area contributed by atoms with Crippen molar-refractivity contribution < 1.29 is 0 Å². The van der Waals surface area contributed by atoms with Crippen molar-refractivity contribution in [3.05, 3.63) is 0 Å². The average Bonchev–Trinajstić information content (AvgIpc) is 2.36. The maximum absolute atomic E-state index is 2.51. The highest BCUT2D eigenvalue weighted by molar-refractivity contribution is 4.72. The Bertz CT molecular complexity index is 145. The highest BCUT2D eigenvalue weighted by Crippen LogP contribution is 2.32. The quantitative estimate of drug-likeness (QED) is 0.335. The largest absolute Gasteiger partial charge is 0.0654 e. The van der Waals surface area contributed by atoms with Gasteiger partial charge in [-0.3, -0.25) is 0 Å². The SMILES string of the molecule is CCCCCC(C)C(CCC)C(C)CCCCC. The molecule has 0 aromatic heterocycles. The molecule has 0 spiro atoms. The maximum atomic E-state index is 2.51. The van der Waals surface area contributed by atoms with E-state index in [1.54, 1.807) is 0 Å². The van der Waals surface area contributed by atoms with Gasteiger partial charge in [0.05, 0.1) is 0 Å². The van der Waals surface area contributed by atoms with E-state index in [4.69, 9.17) is 0 Å². The molecule has 0 heteroatoms. The van der Waals surface area contributed by atoms with Crippen molar-refractivity contribution in [2.24, 2.45) is 17.8 Å². The normalized spacial score (nSPS) is 16.5. The number of hydrogen-bond acceptors (Lipinski definition) is 0. The molecule has 0 saturated heterocycles. The van der Waals surface area contributed by atoms with E-state index >= 15 is 0 Å². The Labute approximate surface area is 117 Å². The molecule has 110 valence electrons. The van der Waals surface area contributed by atoms with Gasteiger partial charge in [-0.15, -0.1) is 0 Å². The van der Waals surface area contributed by atoms with Gasteiger partial charge in [0.15, 0.2) is 0 Å². The van der Waals surface area contributed by atoms with E-state index in [9.17, 15) is 0 Å². The van der Waals surface area contributed by atoms with Crippen LogP contribution < -0.4 is 0 Å². The molecule has 0 aromatic carbocycles. The monoisotopic (exact) mass is 254 g/mol. The summed E-state index contributed by atoms with van der Waals surface area (Å²) in [7, 11) is 0. The topological polar surface area (TPSA) is 0 Å². The molecule has 18 heavy (non-hydrogen) atoms.